The number of nitrogens with zero attached hydrogens (tertiary/aromatic N) is 2. The number of ether oxygens (including phenoxy) is 1. The minimum absolute atomic E-state index is 0.0229. The molecule has 0 radical (unpaired) electrons. The van der Waals surface area contributed by atoms with Crippen molar-refractivity contribution in [1.29, 1.82) is 0 Å². The van der Waals surface area contributed by atoms with Crippen LogP contribution in [0, 0.1) is 0 Å². The van der Waals surface area contributed by atoms with E-state index in [2.05, 4.69) is 5.32 Å². The molecule has 0 aromatic heterocycles. The molecule has 1 N–H and O–H groups in total. The molecule has 8 nitrogen and oxygen atoms in total. The van der Waals surface area contributed by atoms with Gasteiger partial charge in [-0.2, -0.15) is 0 Å². The highest BCUT2D eigenvalue weighted by atomic mass is 35.5. The molecule has 0 spiro atoms. The molecule has 11 heteroatoms. The summed E-state index contributed by atoms with van der Waals surface area (Å²) in [6, 6.07) is 19.4. The van der Waals surface area contributed by atoms with Gasteiger partial charge in [-0.3, -0.25) is 13.9 Å². The maximum absolute atomic E-state index is 13.5. The molecule has 0 aliphatic heterocycles. The molecule has 1 atom stereocenters. The van der Waals surface area contributed by atoms with Crippen molar-refractivity contribution in [1.82, 2.24) is 10.2 Å². The Morgan fingerprint density at radius 3 is 2.16 bits per heavy atom. The third-order valence-corrected chi connectivity index (χ3v) is 7.28. The van der Waals surface area contributed by atoms with Crippen LogP contribution in [0.2, 0.25) is 10.0 Å². The van der Waals surface area contributed by atoms with E-state index in [4.69, 9.17) is 27.9 Å². The zero-order chi connectivity index (χ0) is 27.2. The summed E-state index contributed by atoms with van der Waals surface area (Å²) in [5.74, 6) is 0.135. The summed E-state index contributed by atoms with van der Waals surface area (Å²) in [6.45, 7) is 1.01. The van der Waals surface area contributed by atoms with Crippen molar-refractivity contribution >= 4 is 50.7 Å². The van der Waals surface area contributed by atoms with Gasteiger partial charge in [-0.15, -0.1) is 0 Å². The first-order valence-corrected chi connectivity index (χ1v) is 13.9. The first-order chi connectivity index (χ1) is 17.5. The van der Waals surface area contributed by atoms with E-state index >= 15 is 0 Å². The van der Waals surface area contributed by atoms with Crippen LogP contribution in [-0.4, -0.2) is 51.0 Å². The lowest BCUT2D eigenvalue weighted by molar-refractivity contribution is -0.139. The topological polar surface area (TPSA) is 96.0 Å². The van der Waals surface area contributed by atoms with Crippen LogP contribution >= 0.6 is 23.2 Å². The van der Waals surface area contributed by atoms with Gasteiger partial charge in [0, 0.05) is 23.6 Å². The number of hydrogen-bond acceptors (Lipinski definition) is 5. The molecule has 37 heavy (non-hydrogen) atoms. The van der Waals surface area contributed by atoms with E-state index in [0.717, 1.165) is 10.6 Å². The van der Waals surface area contributed by atoms with Gasteiger partial charge in [-0.05, 0) is 61.0 Å². The molecule has 3 rings (SSSR count). The maximum Gasteiger partial charge on any atom is 0.244 e. The molecule has 3 aromatic carbocycles. The van der Waals surface area contributed by atoms with Crippen LogP contribution in [0.3, 0.4) is 0 Å². The fourth-order valence-corrected chi connectivity index (χ4v) is 4.86. The van der Waals surface area contributed by atoms with Crippen molar-refractivity contribution in [2.45, 2.75) is 19.5 Å². The van der Waals surface area contributed by atoms with Crippen LogP contribution in [0.5, 0.6) is 11.5 Å². The van der Waals surface area contributed by atoms with Gasteiger partial charge in [0.15, 0.2) is 0 Å². The number of likely N-dealkylation sites (N-methyl/N-ethyl adjacent to an activating group) is 1. The second-order valence-electron chi connectivity index (χ2n) is 8.23. The normalized spacial score (nSPS) is 11.9. The molecular weight excluding hydrogens is 537 g/mol. The Kier molecular flexibility index (Phi) is 9.42. The Balaban J connectivity index is 1.87. The molecule has 2 amide bonds. The van der Waals surface area contributed by atoms with Gasteiger partial charge >= 0.3 is 0 Å². The average Bonchev–Trinajstić information content (AvgIpc) is 2.86. The number of para-hydroxylation sites is 1. The standard InChI is InChI=1S/C26H27Cl2N3O5S/c1-18(26(33)29-2)30(16-19-9-10-20(27)15-24(19)28)25(32)17-31(37(3,34)35)21-11-13-23(14-12-21)36-22-7-5-4-6-8-22/h4-15,18H,16-17H2,1-3H3,(H,29,33)/t18-/m1/s1. The summed E-state index contributed by atoms with van der Waals surface area (Å²) >= 11 is 12.3. The lowest BCUT2D eigenvalue weighted by atomic mass is 10.1. The third-order valence-electron chi connectivity index (χ3n) is 5.55. The minimum Gasteiger partial charge on any atom is -0.457 e. The summed E-state index contributed by atoms with van der Waals surface area (Å²) in [6.07, 6.45) is 1.01. The molecule has 3 aromatic rings. The lowest BCUT2D eigenvalue weighted by Gasteiger charge is -2.31. The molecular formula is C26H27Cl2N3O5S. The number of hydrogen-bond donors (Lipinski definition) is 1. The van der Waals surface area contributed by atoms with Gasteiger partial charge < -0.3 is 15.0 Å². The monoisotopic (exact) mass is 563 g/mol. The van der Waals surface area contributed by atoms with Crippen molar-refractivity contribution < 1.29 is 22.7 Å². The first-order valence-electron chi connectivity index (χ1n) is 11.2. The lowest BCUT2D eigenvalue weighted by Crippen LogP contribution is -2.50. The number of anilines is 1. The summed E-state index contributed by atoms with van der Waals surface area (Å²) in [5, 5.41) is 3.27. The van der Waals surface area contributed by atoms with Crippen molar-refractivity contribution in [2.75, 3.05) is 24.2 Å². The SMILES string of the molecule is CNC(=O)[C@@H](C)N(Cc1ccc(Cl)cc1Cl)C(=O)CN(c1ccc(Oc2ccccc2)cc1)S(C)(=O)=O. The molecule has 0 saturated carbocycles. The highest BCUT2D eigenvalue weighted by molar-refractivity contribution is 7.92. The van der Waals surface area contributed by atoms with Crippen LogP contribution in [0.4, 0.5) is 5.69 Å². The molecule has 0 aliphatic rings. The van der Waals surface area contributed by atoms with E-state index < -0.39 is 34.4 Å². The highest BCUT2D eigenvalue weighted by Gasteiger charge is 2.30. The van der Waals surface area contributed by atoms with Crippen molar-refractivity contribution in [2.24, 2.45) is 0 Å². The second kappa shape index (κ2) is 12.3. The van der Waals surface area contributed by atoms with E-state index in [1.807, 2.05) is 18.2 Å². The molecule has 0 unspecified atom stereocenters. The van der Waals surface area contributed by atoms with Crippen LogP contribution in [0.25, 0.3) is 0 Å². The average molecular weight is 564 g/mol. The fourth-order valence-electron chi connectivity index (χ4n) is 3.54. The predicted octanol–water partition coefficient (Wildman–Crippen LogP) is 4.72. The summed E-state index contributed by atoms with van der Waals surface area (Å²) in [7, 11) is -2.40. The second-order valence-corrected chi connectivity index (χ2v) is 11.0. The van der Waals surface area contributed by atoms with Crippen LogP contribution in [0.1, 0.15) is 12.5 Å². The Labute approximate surface area is 226 Å². The van der Waals surface area contributed by atoms with E-state index in [0.29, 0.717) is 27.1 Å². The molecule has 0 fully saturated rings. The van der Waals surface area contributed by atoms with Crippen molar-refractivity contribution in [3.8, 4) is 11.5 Å². The minimum atomic E-state index is -3.86. The molecule has 0 saturated heterocycles. The zero-order valence-corrected chi connectivity index (χ0v) is 22.8. The quantitative estimate of drug-likeness (QED) is 0.385. The molecule has 196 valence electrons. The van der Waals surface area contributed by atoms with E-state index in [-0.39, 0.29) is 12.2 Å². The number of carbonyl (C=O) groups is 2. The number of carbonyl (C=O) groups excluding carboxylic acids is 2. The smallest absolute Gasteiger partial charge is 0.244 e. The maximum atomic E-state index is 13.5. The molecule has 0 aliphatic carbocycles. The molecule has 0 bridgehead atoms. The Bertz CT molecular complexity index is 1350. The predicted molar refractivity (Wildman–Crippen MR) is 146 cm³/mol. The van der Waals surface area contributed by atoms with Gasteiger partial charge in [-0.25, -0.2) is 8.42 Å². The number of sulfonamides is 1. The van der Waals surface area contributed by atoms with Gasteiger partial charge in [0.2, 0.25) is 21.8 Å². The Morgan fingerprint density at radius 2 is 1.59 bits per heavy atom. The number of benzene rings is 3. The van der Waals surface area contributed by atoms with Crippen LogP contribution in [-0.2, 0) is 26.2 Å². The fraction of sp³-hybridized carbons (Fsp3) is 0.231. The van der Waals surface area contributed by atoms with Gasteiger partial charge in [-0.1, -0.05) is 47.5 Å². The summed E-state index contributed by atoms with van der Waals surface area (Å²) in [4.78, 5) is 27.2. The van der Waals surface area contributed by atoms with Crippen LogP contribution in [0.15, 0.2) is 72.8 Å². The van der Waals surface area contributed by atoms with Crippen molar-refractivity contribution in [3.63, 3.8) is 0 Å². The Hall–Kier alpha value is -3.27. The Morgan fingerprint density at radius 1 is 0.973 bits per heavy atom. The number of amides is 2. The van der Waals surface area contributed by atoms with E-state index in [9.17, 15) is 18.0 Å². The highest BCUT2D eigenvalue weighted by Crippen LogP contribution is 2.27. The number of nitrogens with one attached hydrogen (secondary N) is 1. The van der Waals surface area contributed by atoms with Gasteiger partial charge in [0.25, 0.3) is 0 Å². The van der Waals surface area contributed by atoms with Crippen molar-refractivity contribution in [3.05, 3.63) is 88.4 Å². The molecule has 0 heterocycles. The zero-order valence-electron chi connectivity index (χ0n) is 20.5. The van der Waals surface area contributed by atoms with E-state index in [1.54, 1.807) is 55.5 Å². The summed E-state index contributed by atoms with van der Waals surface area (Å²) < 4.78 is 32.1. The number of rotatable bonds is 10. The first kappa shape index (κ1) is 28.3. The summed E-state index contributed by atoms with van der Waals surface area (Å²) in [5.41, 5.74) is 0.830. The largest absolute Gasteiger partial charge is 0.457 e. The van der Waals surface area contributed by atoms with Crippen LogP contribution < -0.4 is 14.4 Å². The van der Waals surface area contributed by atoms with Gasteiger partial charge in [0.1, 0.15) is 24.1 Å². The van der Waals surface area contributed by atoms with E-state index in [1.165, 1.54) is 18.0 Å². The van der Waals surface area contributed by atoms with Gasteiger partial charge in [0.05, 0.1) is 11.9 Å². The third kappa shape index (κ3) is 7.61. The number of halogens is 2.